The number of benzene rings is 1. The topological polar surface area (TPSA) is 91.4 Å². The van der Waals surface area contributed by atoms with Crippen molar-refractivity contribution in [3.63, 3.8) is 0 Å². The number of amides is 1. The van der Waals surface area contributed by atoms with Crippen LogP contribution in [0.4, 0.5) is 0 Å². The smallest absolute Gasteiger partial charge is 0.248 e. The van der Waals surface area contributed by atoms with Gasteiger partial charge in [0, 0.05) is 46.3 Å². The quantitative estimate of drug-likeness (QED) is 0.371. The predicted molar refractivity (Wildman–Crippen MR) is 143 cm³/mol. The van der Waals surface area contributed by atoms with Crippen molar-refractivity contribution in [1.29, 1.82) is 0 Å². The molecule has 1 aromatic rings. The molecule has 0 heterocycles. The van der Waals surface area contributed by atoms with Gasteiger partial charge in [-0.15, -0.1) is 0 Å². The highest BCUT2D eigenvalue weighted by Crippen LogP contribution is 2.28. The maximum absolute atomic E-state index is 13.1. The fourth-order valence-electron chi connectivity index (χ4n) is 4.70. The van der Waals surface area contributed by atoms with E-state index in [0.717, 1.165) is 45.3 Å². The van der Waals surface area contributed by atoms with Gasteiger partial charge in [0.15, 0.2) is 0 Å². The Balaban J connectivity index is 1.72. The molecule has 0 unspecified atom stereocenters. The summed E-state index contributed by atoms with van der Waals surface area (Å²) in [5.41, 5.74) is 1.27. The summed E-state index contributed by atoms with van der Waals surface area (Å²) in [5, 5.41) is 3.63. The molecule has 10 heteroatoms. The van der Waals surface area contributed by atoms with E-state index in [0.29, 0.717) is 28.8 Å². The van der Waals surface area contributed by atoms with Crippen LogP contribution in [-0.2, 0) is 19.6 Å². The molecule has 0 bridgehead atoms. The van der Waals surface area contributed by atoms with Gasteiger partial charge < -0.3 is 24.6 Å². The highest BCUT2D eigenvalue weighted by atomic mass is 32.2. The molecule has 1 aliphatic rings. The van der Waals surface area contributed by atoms with Crippen molar-refractivity contribution < 1.29 is 22.7 Å². The number of sulfonamides is 1. The molecule has 36 heavy (non-hydrogen) atoms. The van der Waals surface area contributed by atoms with Crippen LogP contribution in [0.25, 0.3) is 0 Å². The lowest BCUT2D eigenvalue weighted by molar-refractivity contribution is -0.135. The Morgan fingerprint density at radius 1 is 1.03 bits per heavy atom. The van der Waals surface area contributed by atoms with Gasteiger partial charge in [-0.2, -0.15) is 4.31 Å². The van der Waals surface area contributed by atoms with Gasteiger partial charge in [-0.05, 0) is 82.8 Å². The molecule has 0 aromatic heterocycles. The van der Waals surface area contributed by atoms with Gasteiger partial charge in [-0.3, -0.25) is 4.79 Å². The Morgan fingerprint density at radius 2 is 1.64 bits per heavy atom. The standard InChI is InChI=1S/C26H46N4O5S/c1-20-16-24(34-7)17-21(2)26(20)36(32,33)30(6)14-15-35-19-25(31)29(5)18-22-8-10-23(11-9-22)27-12-13-28(3)4/h16-17,22-23,27H,8-15,18-19H2,1-7H3/t22-,23+. The summed E-state index contributed by atoms with van der Waals surface area (Å²) in [6, 6.07) is 4.00. The number of rotatable bonds is 14. The molecule has 1 N–H and O–H groups in total. The van der Waals surface area contributed by atoms with E-state index in [1.165, 1.54) is 11.4 Å². The number of nitrogens with zero attached hydrogens (tertiary/aromatic N) is 3. The third-order valence-electron chi connectivity index (χ3n) is 6.91. The van der Waals surface area contributed by atoms with Crippen LogP contribution in [0.15, 0.2) is 17.0 Å². The number of hydrogen-bond donors (Lipinski definition) is 1. The maximum atomic E-state index is 13.1. The zero-order chi connectivity index (χ0) is 26.9. The zero-order valence-corrected chi connectivity index (χ0v) is 24.0. The van der Waals surface area contributed by atoms with Crippen molar-refractivity contribution in [2.75, 3.05) is 74.7 Å². The first kappa shape index (κ1) is 30.5. The predicted octanol–water partition coefficient (Wildman–Crippen LogP) is 2.12. The van der Waals surface area contributed by atoms with E-state index in [1.807, 2.05) is 7.05 Å². The molecular formula is C26H46N4O5S. The van der Waals surface area contributed by atoms with E-state index < -0.39 is 10.0 Å². The normalized spacial score (nSPS) is 18.6. The van der Waals surface area contributed by atoms with Crippen molar-refractivity contribution in [1.82, 2.24) is 19.4 Å². The summed E-state index contributed by atoms with van der Waals surface area (Å²) in [6.45, 7) is 6.56. The molecule has 9 nitrogen and oxygen atoms in total. The molecule has 0 saturated heterocycles. The van der Waals surface area contributed by atoms with E-state index in [2.05, 4.69) is 24.3 Å². The van der Waals surface area contributed by atoms with Crippen LogP contribution in [0.5, 0.6) is 5.75 Å². The van der Waals surface area contributed by atoms with E-state index >= 15 is 0 Å². The number of likely N-dealkylation sites (N-methyl/N-ethyl adjacent to an activating group) is 3. The molecule has 1 aliphatic carbocycles. The van der Waals surface area contributed by atoms with E-state index in [-0.39, 0.29) is 30.6 Å². The van der Waals surface area contributed by atoms with Gasteiger partial charge in [0.25, 0.3) is 0 Å². The molecule has 1 amide bonds. The fourth-order valence-corrected chi connectivity index (χ4v) is 6.26. The van der Waals surface area contributed by atoms with Gasteiger partial charge in [-0.25, -0.2) is 8.42 Å². The fraction of sp³-hybridized carbons (Fsp3) is 0.731. The lowest BCUT2D eigenvalue weighted by atomic mass is 9.85. The van der Waals surface area contributed by atoms with Gasteiger partial charge in [0.2, 0.25) is 15.9 Å². The second-order valence-corrected chi connectivity index (χ2v) is 12.2. The van der Waals surface area contributed by atoms with E-state index in [9.17, 15) is 13.2 Å². The van der Waals surface area contributed by atoms with Crippen LogP contribution in [0, 0.1) is 19.8 Å². The number of aryl methyl sites for hydroxylation is 2. The summed E-state index contributed by atoms with van der Waals surface area (Å²) < 4.78 is 38.2. The monoisotopic (exact) mass is 526 g/mol. The Bertz CT molecular complexity index is 923. The molecule has 0 radical (unpaired) electrons. The summed E-state index contributed by atoms with van der Waals surface area (Å²) in [6.07, 6.45) is 4.52. The van der Waals surface area contributed by atoms with Gasteiger partial charge in [0.1, 0.15) is 12.4 Å². The van der Waals surface area contributed by atoms with Crippen molar-refractivity contribution in [3.8, 4) is 5.75 Å². The Morgan fingerprint density at radius 3 is 2.19 bits per heavy atom. The molecule has 2 rings (SSSR count). The summed E-state index contributed by atoms with van der Waals surface area (Å²) in [7, 11) is 5.39. The number of carbonyl (C=O) groups is 1. The summed E-state index contributed by atoms with van der Waals surface area (Å²) in [4.78, 5) is 16.7. The largest absolute Gasteiger partial charge is 0.497 e. The number of nitrogens with one attached hydrogen (secondary N) is 1. The highest BCUT2D eigenvalue weighted by Gasteiger charge is 2.26. The number of hydrogen-bond acceptors (Lipinski definition) is 7. The average molecular weight is 527 g/mol. The van der Waals surface area contributed by atoms with Gasteiger partial charge in [0.05, 0.1) is 18.6 Å². The minimum atomic E-state index is -3.68. The van der Waals surface area contributed by atoms with Crippen molar-refractivity contribution in [3.05, 3.63) is 23.3 Å². The first-order valence-electron chi connectivity index (χ1n) is 12.8. The van der Waals surface area contributed by atoms with Crippen molar-refractivity contribution in [2.24, 2.45) is 5.92 Å². The van der Waals surface area contributed by atoms with Crippen molar-refractivity contribution >= 4 is 15.9 Å². The van der Waals surface area contributed by atoms with Crippen molar-refractivity contribution in [2.45, 2.75) is 50.5 Å². The number of carbonyl (C=O) groups excluding carboxylic acids is 1. The SMILES string of the molecule is COc1cc(C)c(S(=O)(=O)N(C)CCOCC(=O)N(C)C[C@H]2CC[C@@H](NCCN(C)C)CC2)c(C)c1. The van der Waals surface area contributed by atoms with Gasteiger partial charge >= 0.3 is 0 Å². The molecular weight excluding hydrogens is 480 g/mol. The molecule has 1 saturated carbocycles. The summed E-state index contributed by atoms with van der Waals surface area (Å²) in [5.74, 6) is 1.06. The minimum Gasteiger partial charge on any atom is -0.497 e. The molecule has 0 atom stereocenters. The average Bonchev–Trinajstić information content (AvgIpc) is 2.81. The third-order valence-corrected chi connectivity index (χ3v) is 9.07. The second-order valence-electron chi connectivity index (χ2n) is 10.2. The highest BCUT2D eigenvalue weighted by molar-refractivity contribution is 7.89. The number of ether oxygens (including phenoxy) is 2. The van der Waals surface area contributed by atoms with Crippen LogP contribution in [0.2, 0.25) is 0 Å². The first-order chi connectivity index (χ1) is 16.9. The second kappa shape index (κ2) is 14.3. The Kier molecular flexibility index (Phi) is 12.1. The first-order valence-corrected chi connectivity index (χ1v) is 14.2. The Hall–Kier alpha value is -1.72. The van der Waals surface area contributed by atoms with Gasteiger partial charge in [-0.1, -0.05) is 0 Å². The van der Waals surface area contributed by atoms with E-state index in [1.54, 1.807) is 38.0 Å². The minimum absolute atomic E-state index is 0.0492. The lowest BCUT2D eigenvalue weighted by Crippen LogP contribution is -2.40. The maximum Gasteiger partial charge on any atom is 0.248 e. The molecule has 0 aliphatic heterocycles. The molecule has 0 spiro atoms. The Labute approximate surface area is 218 Å². The van der Waals surface area contributed by atoms with Crippen LogP contribution >= 0.6 is 0 Å². The van der Waals surface area contributed by atoms with Crippen LogP contribution < -0.4 is 10.1 Å². The van der Waals surface area contributed by atoms with Crippen LogP contribution in [0.1, 0.15) is 36.8 Å². The van der Waals surface area contributed by atoms with E-state index in [4.69, 9.17) is 9.47 Å². The molecule has 1 aromatic carbocycles. The number of methoxy groups -OCH3 is 1. The molecule has 206 valence electrons. The molecule has 1 fully saturated rings. The van der Waals surface area contributed by atoms with Crippen LogP contribution in [-0.4, -0.2) is 109 Å². The van der Waals surface area contributed by atoms with Crippen LogP contribution in [0.3, 0.4) is 0 Å². The zero-order valence-electron chi connectivity index (χ0n) is 23.2. The lowest BCUT2D eigenvalue weighted by Gasteiger charge is -2.32. The third kappa shape index (κ3) is 8.99. The summed E-state index contributed by atoms with van der Waals surface area (Å²) >= 11 is 0.